The van der Waals surface area contributed by atoms with Crippen LogP contribution in [0.15, 0.2) is 30.6 Å². The largest absolute Gasteiger partial charge is 0.472 e. The smallest absolute Gasteiger partial charge is 0.260 e. The van der Waals surface area contributed by atoms with Crippen molar-refractivity contribution in [1.29, 1.82) is 0 Å². The Morgan fingerprint density at radius 3 is 2.65 bits per heavy atom. The second-order valence-corrected chi connectivity index (χ2v) is 5.06. The van der Waals surface area contributed by atoms with Gasteiger partial charge < -0.3 is 9.64 Å². The molecule has 3 rings (SSSR count). The van der Waals surface area contributed by atoms with Crippen LogP contribution in [0.4, 0.5) is 13.2 Å². The number of ether oxygens (including phenoxy) is 1. The van der Waals surface area contributed by atoms with Crippen molar-refractivity contribution in [3.05, 3.63) is 53.7 Å². The van der Waals surface area contributed by atoms with Gasteiger partial charge in [0.25, 0.3) is 5.91 Å². The summed E-state index contributed by atoms with van der Waals surface area (Å²) in [7, 11) is 0. The number of hydrogen-bond acceptors (Lipinski definition) is 4. The van der Waals surface area contributed by atoms with Gasteiger partial charge in [0.2, 0.25) is 11.8 Å². The van der Waals surface area contributed by atoms with E-state index in [1.807, 2.05) is 0 Å². The lowest BCUT2D eigenvalue weighted by atomic mass is 10.2. The van der Waals surface area contributed by atoms with Crippen LogP contribution in [0.2, 0.25) is 0 Å². The molecule has 0 N–H and O–H groups in total. The van der Waals surface area contributed by atoms with Crippen molar-refractivity contribution >= 4 is 5.91 Å². The molecule has 1 aliphatic heterocycles. The molecule has 0 aromatic carbocycles. The Bertz CT molecular complexity index is 721. The van der Waals surface area contributed by atoms with E-state index in [1.54, 1.807) is 0 Å². The molecule has 0 aliphatic carbocycles. The summed E-state index contributed by atoms with van der Waals surface area (Å²) >= 11 is 0. The van der Waals surface area contributed by atoms with Crippen LogP contribution in [0.25, 0.3) is 0 Å². The molecule has 5 nitrogen and oxygen atoms in total. The van der Waals surface area contributed by atoms with Gasteiger partial charge in [-0.15, -0.1) is 0 Å². The van der Waals surface area contributed by atoms with Crippen molar-refractivity contribution in [3.63, 3.8) is 0 Å². The van der Waals surface area contributed by atoms with Gasteiger partial charge in [0, 0.05) is 19.0 Å². The third kappa shape index (κ3) is 3.25. The van der Waals surface area contributed by atoms with Crippen LogP contribution in [-0.4, -0.2) is 40.0 Å². The van der Waals surface area contributed by atoms with E-state index in [1.165, 1.54) is 23.1 Å². The zero-order valence-corrected chi connectivity index (χ0v) is 11.9. The van der Waals surface area contributed by atoms with Gasteiger partial charge in [0.15, 0.2) is 11.6 Å². The molecule has 3 heterocycles. The fourth-order valence-electron chi connectivity index (χ4n) is 2.41. The maximum absolute atomic E-state index is 13.6. The highest BCUT2D eigenvalue weighted by molar-refractivity contribution is 5.94. The predicted molar refractivity (Wildman–Crippen MR) is 73.3 cm³/mol. The van der Waals surface area contributed by atoms with Crippen LogP contribution >= 0.6 is 0 Å². The van der Waals surface area contributed by atoms with Crippen molar-refractivity contribution in [2.75, 3.05) is 13.1 Å². The number of likely N-dealkylation sites (tertiary alicyclic amines) is 1. The van der Waals surface area contributed by atoms with Crippen LogP contribution in [-0.2, 0) is 0 Å². The Morgan fingerprint density at radius 2 is 1.96 bits per heavy atom. The van der Waals surface area contributed by atoms with Gasteiger partial charge in [-0.25, -0.2) is 8.78 Å². The van der Waals surface area contributed by atoms with E-state index in [0.29, 0.717) is 6.42 Å². The van der Waals surface area contributed by atoms with Crippen molar-refractivity contribution in [2.45, 2.75) is 12.5 Å². The van der Waals surface area contributed by atoms with E-state index in [2.05, 4.69) is 9.97 Å². The first-order valence-electron chi connectivity index (χ1n) is 6.92. The summed E-state index contributed by atoms with van der Waals surface area (Å²) in [5, 5.41) is 0. The fraction of sp³-hybridized carbons (Fsp3) is 0.267. The topological polar surface area (TPSA) is 55.3 Å². The number of carbonyl (C=O) groups excluding carboxylic acids is 1. The van der Waals surface area contributed by atoms with Crippen LogP contribution in [0, 0.1) is 17.6 Å². The van der Waals surface area contributed by atoms with E-state index in [4.69, 9.17) is 4.74 Å². The lowest BCUT2D eigenvalue weighted by molar-refractivity contribution is 0.0761. The number of aromatic nitrogens is 2. The normalized spacial score (nSPS) is 17.3. The minimum atomic E-state index is -1.01. The summed E-state index contributed by atoms with van der Waals surface area (Å²) in [6.45, 7) is 0.415. The fourth-order valence-corrected chi connectivity index (χ4v) is 2.41. The summed E-state index contributed by atoms with van der Waals surface area (Å²) in [5.74, 6) is -3.35. The lowest BCUT2D eigenvalue weighted by Gasteiger charge is -2.17. The average molecular weight is 323 g/mol. The SMILES string of the molecule is O=C(c1c(F)cncc1F)N1CCC(Oc2cccc(F)n2)C1. The number of nitrogens with zero attached hydrogens (tertiary/aromatic N) is 3. The molecule has 2 aromatic rings. The van der Waals surface area contributed by atoms with Gasteiger partial charge in [-0.2, -0.15) is 9.37 Å². The van der Waals surface area contributed by atoms with Gasteiger partial charge in [0.05, 0.1) is 18.9 Å². The maximum Gasteiger partial charge on any atom is 0.260 e. The van der Waals surface area contributed by atoms with Gasteiger partial charge in [-0.1, -0.05) is 6.07 Å². The first-order chi connectivity index (χ1) is 11.0. The first-order valence-corrected chi connectivity index (χ1v) is 6.92. The molecule has 1 saturated heterocycles. The van der Waals surface area contributed by atoms with Crippen molar-refractivity contribution in [2.24, 2.45) is 0 Å². The van der Waals surface area contributed by atoms with Crippen molar-refractivity contribution in [3.8, 4) is 5.88 Å². The zero-order valence-electron chi connectivity index (χ0n) is 11.9. The molecule has 1 aliphatic rings. The van der Waals surface area contributed by atoms with Crippen LogP contribution < -0.4 is 4.74 Å². The van der Waals surface area contributed by atoms with Gasteiger partial charge in [-0.3, -0.25) is 9.78 Å². The molecular formula is C15H12F3N3O2. The number of rotatable bonds is 3. The molecule has 0 saturated carbocycles. The molecule has 1 atom stereocenters. The Labute approximate surface area is 129 Å². The van der Waals surface area contributed by atoms with E-state index in [0.717, 1.165) is 12.4 Å². The predicted octanol–water partition coefficient (Wildman–Crippen LogP) is 2.19. The molecule has 120 valence electrons. The molecule has 2 aromatic heterocycles. The molecule has 23 heavy (non-hydrogen) atoms. The second kappa shape index (κ2) is 6.23. The molecule has 0 bridgehead atoms. The zero-order chi connectivity index (χ0) is 16.4. The number of carbonyl (C=O) groups is 1. The summed E-state index contributed by atoms with van der Waals surface area (Å²) in [6, 6.07) is 4.14. The van der Waals surface area contributed by atoms with E-state index in [9.17, 15) is 18.0 Å². The number of hydrogen-bond donors (Lipinski definition) is 0. The van der Waals surface area contributed by atoms with Crippen LogP contribution in [0.5, 0.6) is 5.88 Å². The van der Waals surface area contributed by atoms with Crippen LogP contribution in [0.1, 0.15) is 16.8 Å². The van der Waals surface area contributed by atoms with Crippen molar-refractivity contribution in [1.82, 2.24) is 14.9 Å². The highest BCUT2D eigenvalue weighted by Crippen LogP contribution is 2.20. The van der Waals surface area contributed by atoms with Gasteiger partial charge in [0.1, 0.15) is 11.7 Å². The molecule has 0 radical (unpaired) electrons. The summed E-state index contributed by atoms with van der Waals surface area (Å²) in [6.07, 6.45) is 1.62. The molecule has 0 spiro atoms. The third-order valence-corrected chi connectivity index (χ3v) is 3.48. The average Bonchev–Trinajstić information content (AvgIpc) is 2.95. The first kappa shape index (κ1) is 15.3. The molecule has 8 heteroatoms. The molecular weight excluding hydrogens is 311 g/mol. The maximum atomic E-state index is 13.6. The lowest BCUT2D eigenvalue weighted by Crippen LogP contribution is -2.32. The summed E-state index contributed by atoms with van der Waals surface area (Å²) in [5.41, 5.74) is -0.635. The third-order valence-electron chi connectivity index (χ3n) is 3.48. The summed E-state index contributed by atoms with van der Waals surface area (Å²) < 4.78 is 45.7. The van der Waals surface area contributed by atoms with Gasteiger partial charge in [-0.05, 0) is 6.07 Å². The van der Waals surface area contributed by atoms with E-state index < -0.39 is 35.2 Å². The van der Waals surface area contributed by atoms with E-state index >= 15 is 0 Å². The van der Waals surface area contributed by atoms with Crippen LogP contribution in [0.3, 0.4) is 0 Å². The number of amides is 1. The second-order valence-electron chi connectivity index (χ2n) is 5.06. The van der Waals surface area contributed by atoms with Crippen molar-refractivity contribution < 1.29 is 22.7 Å². The minimum absolute atomic E-state index is 0.102. The molecule has 1 unspecified atom stereocenters. The monoisotopic (exact) mass is 323 g/mol. The van der Waals surface area contributed by atoms with Gasteiger partial charge >= 0.3 is 0 Å². The molecule has 1 fully saturated rings. The Kier molecular flexibility index (Phi) is 4.14. The Balaban J connectivity index is 1.69. The summed E-state index contributed by atoms with van der Waals surface area (Å²) in [4.78, 5) is 20.4. The highest BCUT2D eigenvalue weighted by Gasteiger charge is 2.31. The Morgan fingerprint density at radius 1 is 1.22 bits per heavy atom. The Hall–Kier alpha value is -2.64. The number of halogens is 3. The quantitative estimate of drug-likeness (QED) is 0.813. The van der Waals surface area contributed by atoms with E-state index in [-0.39, 0.29) is 19.0 Å². The number of pyridine rings is 2. The highest BCUT2D eigenvalue weighted by atomic mass is 19.1. The standard InChI is InChI=1S/C15H12F3N3O2/c16-10-6-19-7-11(17)14(10)15(22)21-5-4-9(8-21)23-13-3-1-2-12(18)20-13/h1-3,6-7,9H,4-5,8H2. The minimum Gasteiger partial charge on any atom is -0.472 e. The molecule has 1 amide bonds.